The third-order valence-corrected chi connectivity index (χ3v) is 5.84. The van der Waals surface area contributed by atoms with E-state index in [0.29, 0.717) is 31.0 Å². The van der Waals surface area contributed by atoms with Crippen LogP contribution in [0, 0.1) is 5.92 Å². The number of nitrogens with one attached hydrogen (secondary N) is 1. The lowest BCUT2D eigenvalue weighted by molar-refractivity contribution is -0.175. The summed E-state index contributed by atoms with van der Waals surface area (Å²) in [6.45, 7) is 0.755. The fourth-order valence-electron chi connectivity index (χ4n) is 4.26. The minimum Gasteiger partial charge on any atom is -0.493 e. The predicted octanol–water partition coefficient (Wildman–Crippen LogP) is 2.89. The van der Waals surface area contributed by atoms with Gasteiger partial charge in [-0.05, 0) is 37.3 Å². The first kappa shape index (κ1) is 21.3. The Kier molecular flexibility index (Phi) is 5.92. The Hall–Kier alpha value is -2.98. The minimum atomic E-state index is -4.42. The Labute approximate surface area is 177 Å². The molecule has 3 heterocycles. The summed E-state index contributed by atoms with van der Waals surface area (Å²) in [5, 5.41) is 6.81. The number of amides is 1. The monoisotopic (exact) mass is 439 g/mol. The number of ether oxygens (including phenoxy) is 2. The number of methoxy groups -OCH3 is 1. The van der Waals surface area contributed by atoms with E-state index in [1.54, 1.807) is 29.2 Å². The first-order valence-corrected chi connectivity index (χ1v) is 10.1. The van der Waals surface area contributed by atoms with Crippen molar-refractivity contribution < 1.29 is 27.4 Å². The number of aromatic nitrogens is 3. The van der Waals surface area contributed by atoms with Crippen LogP contribution in [0.1, 0.15) is 25.3 Å². The number of hydrogen-bond donors (Lipinski definition) is 1. The van der Waals surface area contributed by atoms with Crippen molar-refractivity contribution in [3.63, 3.8) is 0 Å². The Morgan fingerprint density at radius 1 is 1.29 bits per heavy atom. The van der Waals surface area contributed by atoms with Gasteiger partial charge in [-0.15, -0.1) is 0 Å². The van der Waals surface area contributed by atoms with E-state index < -0.39 is 18.3 Å². The quantitative estimate of drug-likeness (QED) is 0.772. The van der Waals surface area contributed by atoms with E-state index in [9.17, 15) is 18.0 Å². The molecule has 0 radical (unpaired) electrons. The van der Waals surface area contributed by atoms with E-state index in [4.69, 9.17) is 9.47 Å². The first-order valence-electron chi connectivity index (χ1n) is 10.1. The van der Waals surface area contributed by atoms with E-state index in [2.05, 4.69) is 15.4 Å². The highest BCUT2D eigenvalue weighted by atomic mass is 19.4. The van der Waals surface area contributed by atoms with Gasteiger partial charge in [0.2, 0.25) is 5.95 Å². The van der Waals surface area contributed by atoms with Gasteiger partial charge in [0.15, 0.2) is 24.1 Å². The average Bonchev–Trinajstić information content (AvgIpc) is 3.25. The van der Waals surface area contributed by atoms with Gasteiger partial charge < -0.3 is 19.7 Å². The first-order chi connectivity index (χ1) is 14.9. The van der Waals surface area contributed by atoms with Gasteiger partial charge in [-0.3, -0.25) is 4.79 Å². The molecule has 0 saturated carbocycles. The van der Waals surface area contributed by atoms with Crippen molar-refractivity contribution in [1.82, 2.24) is 19.7 Å². The molecule has 3 atom stereocenters. The second-order valence-corrected chi connectivity index (χ2v) is 7.75. The zero-order chi connectivity index (χ0) is 22.0. The Bertz CT molecular complexity index is 919. The molecule has 1 amide bonds. The van der Waals surface area contributed by atoms with Crippen LogP contribution in [0.25, 0.3) is 0 Å². The lowest BCUT2D eigenvalue weighted by Gasteiger charge is -2.41. The zero-order valence-electron chi connectivity index (χ0n) is 17.0. The summed E-state index contributed by atoms with van der Waals surface area (Å²) in [4.78, 5) is 18.3. The molecule has 1 aromatic heterocycles. The van der Waals surface area contributed by atoms with Crippen LogP contribution >= 0.6 is 0 Å². The SMILES string of the molecule is COc1ccccc1OCC(=O)N1CCCC([C@@H]2C[C@H](C(F)(F)F)n3ncnc3N2)C1. The second-order valence-electron chi connectivity index (χ2n) is 7.75. The van der Waals surface area contributed by atoms with Crippen LogP contribution in [-0.4, -0.2) is 64.6 Å². The number of nitrogens with zero attached hydrogens (tertiary/aromatic N) is 4. The molecule has 0 spiro atoms. The van der Waals surface area contributed by atoms with Crippen LogP contribution in [-0.2, 0) is 4.79 Å². The van der Waals surface area contributed by atoms with Crippen molar-refractivity contribution in [2.24, 2.45) is 5.92 Å². The normalized spacial score (nSPS) is 23.6. The summed E-state index contributed by atoms with van der Waals surface area (Å²) in [6.07, 6.45) is -2.00. The number of alkyl halides is 3. The van der Waals surface area contributed by atoms with Gasteiger partial charge in [-0.2, -0.15) is 23.3 Å². The summed E-state index contributed by atoms with van der Waals surface area (Å²) in [5.74, 6) is 0.775. The number of hydrogen-bond acceptors (Lipinski definition) is 6. The van der Waals surface area contributed by atoms with Gasteiger partial charge in [0.1, 0.15) is 6.33 Å². The third-order valence-electron chi connectivity index (χ3n) is 5.84. The standard InChI is InChI=1S/C20H24F3N5O3/c1-30-15-6-2-3-7-16(15)31-11-18(29)27-8-4-5-13(10-27)14-9-17(20(21,22)23)28-19(26-14)24-12-25-28/h2-3,6-7,12-14,17H,4-5,8-11H2,1H3,(H,24,25,26)/t13?,14-,17+/m0/s1. The van der Waals surface area contributed by atoms with Crippen molar-refractivity contribution in [2.45, 2.75) is 37.5 Å². The topological polar surface area (TPSA) is 81.5 Å². The van der Waals surface area contributed by atoms with Crippen LogP contribution in [0.5, 0.6) is 11.5 Å². The van der Waals surface area contributed by atoms with Gasteiger partial charge in [0, 0.05) is 19.1 Å². The molecular weight excluding hydrogens is 415 g/mol. The summed E-state index contributed by atoms with van der Waals surface area (Å²) >= 11 is 0. The fraction of sp³-hybridized carbons (Fsp3) is 0.550. The maximum absolute atomic E-state index is 13.6. The lowest BCUT2D eigenvalue weighted by atomic mass is 9.86. The lowest BCUT2D eigenvalue weighted by Crippen LogP contribution is -2.50. The van der Waals surface area contributed by atoms with Gasteiger partial charge in [-0.25, -0.2) is 4.68 Å². The van der Waals surface area contributed by atoms with Crippen LogP contribution in [0.3, 0.4) is 0 Å². The number of rotatable bonds is 5. The molecule has 2 aliphatic rings. The molecule has 11 heteroatoms. The molecule has 1 N–H and O–H groups in total. The predicted molar refractivity (Wildman–Crippen MR) is 105 cm³/mol. The smallest absolute Gasteiger partial charge is 0.411 e. The van der Waals surface area contributed by atoms with Gasteiger partial charge in [-0.1, -0.05) is 12.1 Å². The van der Waals surface area contributed by atoms with Crippen molar-refractivity contribution in [3.8, 4) is 11.5 Å². The minimum absolute atomic E-state index is 0.113. The number of anilines is 1. The van der Waals surface area contributed by atoms with E-state index in [-0.39, 0.29) is 30.8 Å². The number of carbonyl (C=O) groups excluding carboxylic acids is 1. The Morgan fingerprint density at radius 3 is 2.81 bits per heavy atom. The van der Waals surface area contributed by atoms with Gasteiger partial charge in [0.25, 0.3) is 5.91 Å². The number of halogens is 3. The Balaban J connectivity index is 1.40. The van der Waals surface area contributed by atoms with E-state index >= 15 is 0 Å². The number of piperidine rings is 1. The molecule has 1 unspecified atom stereocenters. The van der Waals surface area contributed by atoms with Gasteiger partial charge in [0.05, 0.1) is 7.11 Å². The highest BCUT2D eigenvalue weighted by Gasteiger charge is 2.48. The number of fused-ring (bicyclic) bond motifs is 1. The van der Waals surface area contributed by atoms with Crippen molar-refractivity contribution >= 4 is 11.9 Å². The molecule has 1 saturated heterocycles. The molecule has 0 aliphatic carbocycles. The molecule has 168 valence electrons. The largest absolute Gasteiger partial charge is 0.493 e. The van der Waals surface area contributed by atoms with E-state index in [1.807, 2.05) is 0 Å². The summed E-state index contributed by atoms with van der Waals surface area (Å²) in [7, 11) is 1.52. The molecular formula is C20H24F3N5O3. The van der Waals surface area contributed by atoms with Crippen LogP contribution in [0.2, 0.25) is 0 Å². The summed E-state index contributed by atoms with van der Waals surface area (Å²) < 4.78 is 52.4. The van der Waals surface area contributed by atoms with Crippen molar-refractivity contribution in [2.75, 3.05) is 32.1 Å². The highest BCUT2D eigenvalue weighted by Crippen LogP contribution is 2.40. The number of likely N-dealkylation sites (tertiary alicyclic amines) is 1. The number of para-hydroxylation sites is 2. The average molecular weight is 439 g/mol. The molecule has 2 aromatic rings. The molecule has 8 nitrogen and oxygen atoms in total. The van der Waals surface area contributed by atoms with Crippen molar-refractivity contribution in [1.29, 1.82) is 0 Å². The van der Waals surface area contributed by atoms with Crippen LogP contribution in [0.15, 0.2) is 30.6 Å². The van der Waals surface area contributed by atoms with E-state index in [0.717, 1.165) is 17.4 Å². The molecule has 2 aliphatic heterocycles. The molecule has 1 fully saturated rings. The summed E-state index contributed by atoms with van der Waals surface area (Å²) in [5.41, 5.74) is 0. The van der Waals surface area contributed by atoms with Gasteiger partial charge >= 0.3 is 6.18 Å². The molecule has 0 bridgehead atoms. The maximum atomic E-state index is 13.6. The Morgan fingerprint density at radius 2 is 2.06 bits per heavy atom. The van der Waals surface area contributed by atoms with Crippen LogP contribution in [0.4, 0.5) is 19.1 Å². The molecule has 1 aromatic carbocycles. The maximum Gasteiger partial charge on any atom is 0.411 e. The highest BCUT2D eigenvalue weighted by molar-refractivity contribution is 5.78. The second kappa shape index (κ2) is 8.64. The number of carbonyl (C=O) groups is 1. The molecule has 4 rings (SSSR count). The fourth-order valence-corrected chi connectivity index (χ4v) is 4.26. The van der Waals surface area contributed by atoms with Crippen molar-refractivity contribution in [3.05, 3.63) is 30.6 Å². The van der Waals surface area contributed by atoms with E-state index in [1.165, 1.54) is 7.11 Å². The van der Waals surface area contributed by atoms with Crippen LogP contribution < -0.4 is 14.8 Å². The zero-order valence-corrected chi connectivity index (χ0v) is 17.0. The summed E-state index contributed by atoms with van der Waals surface area (Å²) in [6, 6.07) is 4.86. The number of benzene rings is 1. The third kappa shape index (κ3) is 4.54. The molecule has 31 heavy (non-hydrogen) atoms.